The molecule has 8 heteroatoms. The number of H-pyrrole nitrogens is 1. The van der Waals surface area contributed by atoms with Crippen molar-refractivity contribution >= 4 is 28.5 Å². The first-order chi connectivity index (χ1) is 14.2. The van der Waals surface area contributed by atoms with Gasteiger partial charge in [-0.15, -0.1) is 0 Å². The van der Waals surface area contributed by atoms with Crippen LogP contribution in [0.1, 0.15) is 23.9 Å². The number of hydrogen-bond donors (Lipinski definition) is 2. The van der Waals surface area contributed by atoms with Gasteiger partial charge in [0.15, 0.2) is 0 Å². The first kappa shape index (κ1) is 19.8. The molecule has 0 spiro atoms. The van der Waals surface area contributed by atoms with E-state index in [0.29, 0.717) is 24.8 Å². The molecule has 0 unspecified atom stereocenters. The lowest BCUT2D eigenvalue weighted by atomic mass is 10.1. The van der Waals surface area contributed by atoms with Gasteiger partial charge in [0.1, 0.15) is 11.9 Å². The van der Waals surface area contributed by atoms with Crippen molar-refractivity contribution in [2.75, 3.05) is 32.8 Å². The van der Waals surface area contributed by atoms with Gasteiger partial charge >= 0.3 is 0 Å². The predicted octanol–water partition coefficient (Wildman–Crippen LogP) is 2.73. The van der Waals surface area contributed by atoms with Crippen molar-refractivity contribution in [1.82, 2.24) is 25.2 Å². The van der Waals surface area contributed by atoms with Crippen LogP contribution in [-0.2, 0) is 16.0 Å². The topological polar surface area (TPSA) is 83.1 Å². The summed E-state index contributed by atoms with van der Waals surface area (Å²) in [5, 5.41) is 3.76. The number of aromatic amines is 1. The van der Waals surface area contributed by atoms with Crippen LogP contribution in [0, 0.1) is 0 Å². The van der Waals surface area contributed by atoms with Crippen molar-refractivity contribution in [2.24, 2.45) is 0 Å². The first-order valence-electron chi connectivity index (χ1n) is 9.84. The molecule has 7 nitrogen and oxygen atoms in total. The van der Waals surface area contributed by atoms with Gasteiger partial charge in [-0.2, -0.15) is 0 Å². The summed E-state index contributed by atoms with van der Waals surface area (Å²) in [6, 6.07) is 9.08. The molecule has 1 amide bonds. The lowest BCUT2D eigenvalue weighted by molar-refractivity contribution is -0.128. The summed E-state index contributed by atoms with van der Waals surface area (Å²) >= 11 is 6.02. The number of pyridine rings is 1. The van der Waals surface area contributed by atoms with Crippen LogP contribution in [-0.4, -0.2) is 58.6 Å². The molecule has 1 aliphatic rings. The predicted molar refractivity (Wildman–Crippen MR) is 112 cm³/mol. The van der Waals surface area contributed by atoms with Crippen molar-refractivity contribution in [2.45, 2.75) is 18.9 Å². The minimum atomic E-state index is -0.346. The van der Waals surface area contributed by atoms with Gasteiger partial charge in [-0.3, -0.25) is 14.7 Å². The molecule has 0 bridgehead atoms. The fraction of sp³-hybridized carbons (Fsp3) is 0.381. The number of morpholine rings is 1. The number of nitrogens with one attached hydrogen (secondary N) is 2. The summed E-state index contributed by atoms with van der Waals surface area (Å²) in [5.41, 5.74) is 2.74. The highest BCUT2D eigenvalue weighted by molar-refractivity contribution is 6.31. The second-order valence-corrected chi connectivity index (χ2v) is 7.51. The normalized spacial score (nSPS) is 16.0. The third-order valence-electron chi connectivity index (χ3n) is 5.04. The third-order valence-corrected chi connectivity index (χ3v) is 5.28. The van der Waals surface area contributed by atoms with Crippen LogP contribution in [0.15, 0.2) is 42.7 Å². The van der Waals surface area contributed by atoms with Gasteiger partial charge in [-0.25, -0.2) is 4.98 Å². The van der Waals surface area contributed by atoms with Crippen molar-refractivity contribution in [1.29, 1.82) is 0 Å². The monoisotopic (exact) mass is 413 g/mol. The molecular weight excluding hydrogens is 390 g/mol. The van der Waals surface area contributed by atoms with E-state index in [1.165, 1.54) is 0 Å². The molecule has 1 atom stereocenters. The fourth-order valence-corrected chi connectivity index (χ4v) is 3.79. The van der Waals surface area contributed by atoms with Gasteiger partial charge < -0.3 is 15.0 Å². The SMILES string of the molecule is O=C(NCCCc1nc2ccc(Cl)cc2[nH]1)[C@@H](c1cccnc1)N1CCOCC1. The van der Waals surface area contributed by atoms with E-state index < -0.39 is 0 Å². The molecule has 1 fully saturated rings. The maximum absolute atomic E-state index is 13.0. The van der Waals surface area contributed by atoms with Crippen LogP contribution < -0.4 is 5.32 Å². The van der Waals surface area contributed by atoms with E-state index in [9.17, 15) is 4.79 Å². The summed E-state index contributed by atoms with van der Waals surface area (Å²) < 4.78 is 5.44. The highest BCUT2D eigenvalue weighted by atomic mass is 35.5. The molecule has 4 rings (SSSR count). The number of carbonyl (C=O) groups excluding carboxylic acids is 1. The Bertz CT molecular complexity index is 956. The van der Waals surface area contributed by atoms with Crippen molar-refractivity contribution in [3.63, 3.8) is 0 Å². The van der Waals surface area contributed by atoms with Gasteiger partial charge in [0, 0.05) is 43.5 Å². The maximum Gasteiger partial charge on any atom is 0.242 e. The number of nitrogens with zero attached hydrogens (tertiary/aromatic N) is 3. The van der Waals surface area contributed by atoms with Crippen molar-refractivity contribution < 1.29 is 9.53 Å². The molecule has 1 aliphatic heterocycles. The Kier molecular flexibility index (Phi) is 6.39. The maximum atomic E-state index is 13.0. The molecule has 29 heavy (non-hydrogen) atoms. The van der Waals surface area contributed by atoms with Crippen LogP contribution in [0.3, 0.4) is 0 Å². The summed E-state index contributed by atoms with van der Waals surface area (Å²) in [4.78, 5) is 27.2. The van der Waals surface area contributed by atoms with E-state index in [0.717, 1.165) is 48.4 Å². The average molecular weight is 414 g/mol. The van der Waals surface area contributed by atoms with Gasteiger partial charge in [-0.05, 0) is 36.2 Å². The minimum Gasteiger partial charge on any atom is -0.379 e. The quantitative estimate of drug-likeness (QED) is 0.582. The number of carbonyl (C=O) groups is 1. The van der Waals surface area contributed by atoms with Crippen LogP contribution in [0.2, 0.25) is 5.02 Å². The molecule has 1 aromatic carbocycles. The molecule has 0 radical (unpaired) electrons. The Morgan fingerprint density at radius 3 is 2.97 bits per heavy atom. The van der Waals surface area contributed by atoms with Gasteiger partial charge in [0.25, 0.3) is 0 Å². The van der Waals surface area contributed by atoms with Gasteiger partial charge in [0.2, 0.25) is 5.91 Å². The number of aryl methyl sites for hydroxylation is 1. The van der Waals surface area contributed by atoms with E-state index in [-0.39, 0.29) is 11.9 Å². The Hall–Kier alpha value is -2.48. The standard InChI is InChI=1S/C21H24ClN5O2/c22-16-5-6-17-18(13-16)26-19(25-17)4-2-8-24-21(28)20(15-3-1-7-23-14-15)27-9-11-29-12-10-27/h1,3,5-7,13-14,20H,2,4,8-12H2,(H,24,28)(H,25,26)/t20-/m1/s1. The van der Waals surface area contributed by atoms with Crippen molar-refractivity contribution in [3.05, 3.63) is 59.1 Å². The smallest absolute Gasteiger partial charge is 0.242 e. The van der Waals surface area contributed by atoms with Crippen LogP contribution in [0.4, 0.5) is 0 Å². The zero-order valence-electron chi connectivity index (χ0n) is 16.1. The summed E-state index contributed by atoms with van der Waals surface area (Å²) in [6.45, 7) is 3.32. The van der Waals surface area contributed by atoms with Gasteiger partial charge in [0.05, 0.1) is 24.2 Å². The third kappa shape index (κ3) is 4.93. The number of rotatable bonds is 7. The molecule has 3 heterocycles. The van der Waals surface area contributed by atoms with Crippen LogP contribution >= 0.6 is 11.6 Å². The highest BCUT2D eigenvalue weighted by Crippen LogP contribution is 2.21. The molecule has 1 saturated heterocycles. The Labute approximate surface area is 174 Å². The number of amides is 1. The van der Waals surface area contributed by atoms with E-state index in [4.69, 9.17) is 16.3 Å². The zero-order chi connectivity index (χ0) is 20.1. The van der Waals surface area contributed by atoms with Crippen molar-refractivity contribution in [3.8, 4) is 0 Å². The second kappa shape index (κ2) is 9.35. The number of fused-ring (bicyclic) bond motifs is 1. The first-order valence-corrected chi connectivity index (χ1v) is 10.2. The largest absolute Gasteiger partial charge is 0.379 e. The van der Waals surface area contributed by atoms with E-state index in [1.54, 1.807) is 12.4 Å². The number of ether oxygens (including phenoxy) is 1. The number of halogens is 1. The Morgan fingerprint density at radius 1 is 1.31 bits per heavy atom. The number of imidazole rings is 1. The summed E-state index contributed by atoms with van der Waals surface area (Å²) in [7, 11) is 0. The molecular formula is C21H24ClN5O2. The minimum absolute atomic E-state index is 0.00344. The number of hydrogen-bond acceptors (Lipinski definition) is 5. The lowest BCUT2D eigenvalue weighted by Crippen LogP contribution is -2.46. The van der Waals surface area contributed by atoms with E-state index in [1.807, 2.05) is 30.3 Å². The summed E-state index contributed by atoms with van der Waals surface area (Å²) in [6.07, 6.45) is 5.03. The molecule has 0 aliphatic carbocycles. The van der Waals surface area contributed by atoms with E-state index >= 15 is 0 Å². The molecule has 3 aromatic rings. The molecule has 152 valence electrons. The Balaban J connectivity index is 1.34. The summed E-state index contributed by atoms with van der Waals surface area (Å²) in [5.74, 6) is 0.893. The van der Waals surface area contributed by atoms with Crippen LogP contribution in [0.5, 0.6) is 0 Å². The molecule has 0 saturated carbocycles. The fourth-order valence-electron chi connectivity index (χ4n) is 3.62. The Morgan fingerprint density at radius 2 is 2.17 bits per heavy atom. The van der Waals surface area contributed by atoms with Crippen LogP contribution in [0.25, 0.3) is 11.0 Å². The lowest BCUT2D eigenvalue weighted by Gasteiger charge is -2.33. The molecule has 2 aromatic heterocycles. The number of benzene rings is 1. The second-order valence-electron chi connectivity index (χ2n) is 7.08. The van der Waals surface area contributed by atoms with Gasteiger partial charge in [-0.1, -0.05) is 17.7 Å². The van der Waals surface area contributed by atoms with E-state index in [2.05, 4.69) is 25.2 Å². The molecule has 2 N–H and O–H groups in total. The number of aromatic nitrogens is 3. The highest BCUT2D eigenvalue weighted by Gasteiger charge is 2.28. The zero-order valence-corrected chi connectivity index (χ0v) is 16.9. The average Bonchev–Trinajstić information content (AvgIpc) is 3.15.